The summed E-state index contributed by atoms with van der Waals surface area (Å²) in [7, 11) is -3.73. The van der Waals surface area contributed by atoms with E-state index in [1.54, 1.807) is 12.1 Å². The molecule has 1 atom stereocenters. The maximum atomic E-state index is 12.3. The van der Waals surface area contributed by atoms with Crippen LogP contribution in [0.2, 0.25) is 0 Å². The number of hydrogen-bond donors (Lipinski definition) is 2. The van der Waals surface area contributed by atoms with E-state index in [4.69, 9.17) is 17.3 Å². The molecule has 0 aliphatic carbocycles. The van der Waals surface area contributed by atoms with Crippen molar-refractivity contribution >= 4 is 39.8 Å². The van der Waals surface area contributed by atoms with Crippen molar-refractivity contribution < 1.29 is 13.2 Å². The van der Waals surface area contributed by atoms with Gasteiger partial charge in [-0.25, -0.2) is 13.1 Å². The summed E-state index contributed by atoms with van der Waals surface area (Å²) in [6.07, 6.45) is 1.80. The molecule has 5 nitrogen and oxygen atoms in total. The van der Waals surface area contributed by atoms with Gasteiger partial charge in [-0.05, 0) is 38.4 Å². The minimum Gasteiger partial charge on any atom is -0.330 e. The Morgan fingerprint density at radius 1 is 1.27 bits per heavy atom. The zero-order chi connectivity index (χ0) is 15.9. The molecule has 0 unspecified atom stereocenters. The number of ketones is 1. The van der Waals surface area contributed by atoms with E-state index in [1.807, 2.05) is 6.92 Å². The van der Waals surface area contributed by atoms with E-state index >= 15 is 0 Å². The van der Waals surface area contributed by atoms with Crippen LogP contribution in [0.25, 0.3) is 0 Å². The molecule has 1 aromatic rings. The fourth-order valence-electron chi connectivity index (χ4n) is 1.84. The van der Waals surface area contributed by atoms with Crippen LogP contribution >= 0.6 is 24.0 Å². The van der Waals surface area contributed by atoms with Crippen LogP contribution in [0.15, 0.2) is 29.2 Å². The quantitative estimate of drug-likeness (QED) is 0.515. The molecule has 0 fully saturated rings. The summed E-state index contributed by atoms with van der Waals surface area (Å²) in [6.45, 7) is 2.38. The molecule has 0 radical (unpaired) electrons. The number of halogens is 2. The third-order valence-corrected chi connectivity index (χ3v) is 4.85. The summed E-state index contributed by atoms with van der Waals surface area (Å²) < 4.78 is 27.0. The largest absolute Gasteiger partial charge is 0.330 e. The fraction of sp³-hybridized carbons (Fsp3) is 0.500. The van der Waals surface area contributed by atoms with Crippen LogP contribution in [0.1, 0.15) is 24.8 Å². The highest BCUT2D eigenvalue weighted by atomic mass is 35.5. The highest BCUT2D eigenvalue weighted by molar-refractivity contribution is 7.89. The van der Waals surface area contributed by atoms with Crippen LogP contribution in [0, 0.1) is 6.92 Å². The Balaban J connectivity index is 0.00000441. The van der Waals surface area contributed by atoms with E-state index in [-0.39, 0.29) is 29.0 Å². The van der Waals surface area contributed by atoms with Gasteiger partial charge in [0, 0.05) is 0 Å². The number of hydrogen-bond acceptors (Lipinski definition) is 4. The summed E-state index contributed by atoms with van der Waals surface area (Å²) in [5.74, 6) is -0.548. The molecule has 8 heteroatoms. The van der Waals surface area contributed by atoms with E-state index in [1.165, 1.54) is 12.1 Å². The third-order valence-electron chi connectivity index (χ3n) is 3.10. The summed E-state index contributed by atoms with van der Waals surface area (Å²) in [4.78, 5) is 11.9. The Morgan fingerprint density at radius 2 is 1.86 bits per heavy atom. The van der Waals surface area contributed by atoms with Gasteiger partial charge in [-0.1, -0.05) is 24.1 Å². The number of benzene rings is 1. The van der Waals surface area contributed by atoms with Gasteiger partial charge in [-0.2, -0.15) is 0 Å². The lowest BCUT2D eigenvalue weighted by Gasteiger charge is -2.16. The van der Waals surface area contributed by atoms with Crippen molar-refractivity contribution in [1.29, 1.82) is 0 Å². The maximum Gasteiger partial charge on any atom is 0.241 e. The molecule has 0 aliphatic rings. The first-order chi connectivity index (χ1) is 9.90. The van der Waals surface area contributed by atoms with Crippen LogP contribution in [0.3, 0.4) is 0 Å². The van der Waals surface area contributed by atoms with Crippen LogP contribution in [-0.4, -0.2) is 32.7 Å². The number of nitrogens with one attached hydrogen (secondary N) is 1. The molecular weight excluding hydrogens is 347 g/mol. The predicted molar refractivity (Wildman–Crippen MR) is 91.2 cm³/mol. The summed E-state index contributed by atoms with van der Waals surface area (Å²) in [6, 6.07) is 5.64. The first kappa shape index (κ1) is 21.3. The average Bonchev–Trinajstić information content (AvgIpc) is 2.46. The van der Waals surface area contributed by atoms with Gasteiger partial charge in [0.15, 0.2) is 5.78 Å². The lowest BCUT2D eigenvalue weighted by Crippen LogP contribution is -2.41. The Bertz CT molecular complexity index is 562. The van der Waals surface area contributed by atoms with Gasteiger partial charge in [-0.3, -0.25) is 4.79 Å². The second-order valence-corrected chi connectivity index (χ2v) is 6.85. The third kappa shape index (κ3) is 6.62. The van der Waals surface area contributed by atoms with Crippen LogP contribution < -0.4 is 10.5 Å². The second kappa shape index (κ2) is 10.2. The maximum absolute atomic E-state index is 12.3. The molecule has 1 rings (SSSR count). The number of Topliss-reactive ketones (excluding diaryl/α,β-unsaturated/α-hetero) is 1. The number of carbonyl (C=O) groups is 1. The summed E-state index contributed by atoms with van der Waals surface area (Å²) in [5.41, 5.74) is 6.37. The van der Waals surface area contributed by atoms with Crippen LogP contribution in [0.4, 0.5) is 0 Å². The monoisotopic (exact) mass is 368 g/mol. The Hall–Kier alpha value is -0.660. The van der Waals surface area contributed by atoms with Crippen molar-refractivity contribution in [3.8, 4) is 0 Å². The molecule has 0 aliphatic heterocycles. The van der Waals surface area contributed by atoms with Crippen molar-refractivity contribution in [1.82, 2.24) is 4.72 Å². The lowest BCUT2D eigenvalue weighted by molar-refractivity contribution is -0.118. The predicted octanol–water partition coefficient (Wildman–Crippen LogP) is 2.00. The van der Waals surface area contributed by atoms with Gasteiger partial charge < -0.3 is 5.73 Å². The van der Waals surface area contributed by atoms with E-state index in [0.717, 1.165) is 12.0 Å². The molecule has 22 heavy (non-hydrogen) atoms. The van der Waals surface area contributed by atoms with Crippen molar-refractivity contribution in [3.05, 3.63) is 29.8 Å². The van der Waals surface area contributed by atoms with E-state index in [0.29, 0.717) is 19.4 Å². The topological polar surface area (TPSA) is 89.3 Å². The zero-order valence-electron chi connectivity index (χ0n) is 12.4. The number of unbranched alkanes of at least 4 members (excludes halogenated alkanes) is 1. The van der Waals surface area contributed by atoms with Crippen LogP contribution in [-0.2, 0) is 14.8 Å². The van der Waals surface area contributed by atoms with Gasteiger partial charge in [0.25, 0.3) is 0 Å². The number of nitrogens with two attached hydrogens (primary N) is 1. The second-order valence-electron chi connectivity index (χ2n) is 4.87. The number of carbonyl (C=O) groups excluding carboxylic acids is 1. The van der Waals surface area contributed by atoms with Gasteiger partial charge in [-0.15, -0.1) is 24.0 Å². The SMILES string of the molecule is Cc1ccc(S(=O)(=O)N[C@H](CCCCN)C(=O)CCl)cc1.Cl. The molecule has 0 aromatic heterocycles. The first-order valence-corrected chi connectivity index (χ1v) is 8.80. The zero-order valence-corrected chi connectivity index (χ0v) is 14.8. The highest BCUT2D eigenvalue weighted by Gasteiger charge is 2.24. The summed E-state index contributed by atoms with van der Waals surface area (Å²) in [5, 5.41) is 0. The minimum absolute atomic E-state index is 0. The van der Waals surface area contributed by atoms with E-state index in [2.05, 4.69) is 4.72 Å². The highest BCUT2D eigenvalue weighted by Crippen LogP contribution is 2.13. The molecule has 0 amide bonds. The Kier molecular flexibility index (Phi) is 9.87. The van der Waals surface area contributed by atoms with E-state index in [9.17, 15) is 13.2 Å². The van der Waals surface area contributed by atoms with Gasteiger partial charge in [0.1, 0.15) is 0 Å². The molecule has 1 aromatic carbocycles. The number of sulfonamides is 1. The molecule has 0 saturated carbocycles. The minimum atomic E-state index is -3.73. The summed E-state index contributed by atoms with van der Waals surface area (Å²) >= 11 is 5.55. The van der Waals surface area contributed by atoms with Crippen molar-refractivity contribution in [2.45, 2.75) is 37.1 Å². The average molecular weight is 369 g/mol. The molecule has 0 saturated heterocycles. The Labute approximate surface area is 143 Å². The first-order valence-electron chi connectivity index (χ1n) is 6.78. The van der Waals surface area contributed by atoms with Gasteiger partial charge in [0.2, 0.25) is 10.0 Å². The van der Waals surface area contributed by atoms with Gasteiger partial charge in [0.05, 0.1) is 16.8 Å². The fourth-order valence-corrected chi connectivity index (χ4v) is 3.28. The molecule has 126 valence electrons. The number of alkyl halides is 1. The Morgan fingerprint density at radius 3 is 2.36 bits per heavy atom. The molecule has 3 N–H and O–H groups in total. The van der Waals surface area contributed by atoms with E-state index < -0.39 is 16.1 Å². The molecule has 0 spiro atoms. The normalized spacial score (nSPS) is 12.5. The molecule has 0 bridgehead atoms. The van der Waals surface area contributed by atoms with Crippen molar-refractivity contribution in [2.75, 3.05) is 12.4 Å². The smallest absolute Gasteiger partial charge is 0.241 e. The van der Waals surface area contributed by atoms with Crippen molar-refractivity contribution in [3.63, 3.8) is 0 Å². The standard InChI is InChI=1S/C14H21ClN2O3S.ClH/c1-11-5-7-12(8-6-11)21(19,20)17-13(14(18)10-15)4-2-3-9-16;/h5-8,13,17H,2-4,9-10,16H2,1H3;1H/t13-;/m1./s1. The number of aryl methyl sites for hydroxylation is 1. The van der Waals surface area contributed by atoms with Crippen molar-refractivity contribution in [2.24, 2.45) is 5.73 Å². The van der Waals surface area contributed by atoms with Gasteiger partial charge >= 0.3 is 0 Å². The molecule has 0 heterocycles. The van der Waals surface area contributed by atoms with Crippen LogP contribution in [0.5, 0.6) is 0 Å². The molecular formula is C14H22Cl2N2O3S. The number of rotatable bonds is 9. The lowest BCUT2D eigenvalue weighted by atomic mass is 10.1.